The van der Waals surface area contributed by atoms with Crippen LogP contribution in [0.2, 0.25) is 0 Å². The molecule has 0 radical (unpaired) electrons. The summed E-state index contributed by atoms with van der Waals surface area (Å²) >= 11 is 6.30. The summed E-state index contributed by atoms with van der Waals surface area (Å²) in [5.41, 5.74) is -0.0467. The fraction of sp³-hybridized carbons (Fsp3) is 0.167. The summed E-state index contributed by atoms with van der Waals surface area (Å²) < 4.78 is 0.134. The molecular formula is C12H8N4O2S2. The van der Waals surface area contributed by atoms with Crippen molar-refractivity contribution in [2.24, 2.45) is 5.92 Å². The topological polar surface area (TPSA) is 102 Å². The van der Waals surface area contributed by atoms with Gasteiger partial charge in [-0.2, -0.15) is 5.26 Å². The second kappa shape index (κ2) is 4.70. The highest BCUT2D eigenvalue weighted by molar-refractivity contribution is 7.71. The molecule has 0 unspecified atom stereocenters. The minimum Gasteiger partial charge on any atom is -0.318 e. The molecule has 3 N–H and O–H groups in total. The van der Waals surface area contributed by atoms with E-state index in [1.165, 1.54) is 11.3 Å². The highest BCUT2D eigenvalue weighted by Gasteiger charge is 2.40. The molecule has 8 heteroatoms. The van der Waals surface area contributed by atoms with Crippen molar-refractivity contribution in [2.45, 2.75) is 5.92 Å². The Kier molecular flexibility index (Phi) is 3.00. The second-order valence-corrected chi connectivity index (χ2v) is 5.67. The van der Waals surface area contributed by atoms with Crippen LogP contribution in [0.5, 0.6) is 0 Å². The number of rotatable bonds is 1. The molecule has 0 bridgehead atoms. The van der Waals surface area contributed by atoms with E-state index < -0.39 is 17.7 Å². The molecule has 1 aliphatic rings. The van der Waals surface area contributed by atoms with E-state index in [1.54, 1.807) is 0 Å². The Hall–Kier alpha value is -2.24. The Balaban J connectivity index is 2.31. The summed E-state index contributed by atoms with van der Waals surface area (Å²) in [6.45, 7) is 0. The lowest BCUT2D eigenvalue weighted by Crippen LogP contribution is -2.37. The smallest absolute Gasteiger partial charge is 0.257 e. The number of H-pyrrole nitrogens is 2. The van der Waals surface area contributed by atoms with Crippen LogP contribution in [0.15, 0.2) is 22.3 Å². The van der Waals surface area contributed by atoms with Gasteiger partial charge in [0.15, 0.2) is 4.77 Å². The number of carbonyl (C=O) groups excluding carboxylic acids is 1. The number of nitrogens with one attached hydrogen (secondary N) is 3. The van der Waals surface area contributed by atoms with E-state index >= 15 is 0 Å². The standard InChI is InChI=1S/C12H8N4O2S2/c13-4-5-7(6-2-1-3-20-6)8-9(14-10(5)17)15-12(19)16-11(8)18/h1-3,5,7H,(H3,14,15,16,17,18,19)/t5-,7+/m0/s1. The summed E-state index contributed by atoms with van der Waals surface area (Å²) in [5, 5.41) is 13.6. The second-order valence-electron chi connectivity index (χ2n) is 4.29. The Morgan fingerprint density at radius 2 is 2.15 bits per heavy atom. The van der Waals surface area contributed by atoms with Crippen molar-refractivity contribution >= 4 is 35.3 Å². The maximum atomic E-state index is 12.2. The molecule has 6 nitrogen and oxygen atoms in total. The van der Waals surface area contributed by atoms with Crippen molar-refractivity contribution in [3.63, 3.8) is 0 Å². The van der Waals surface area contributed by atoms with Crippen LogP contribution in [0.4, 0.5) is 5.82 Å². The lowest BCUT2D eigenvalue weighted by molar-refractivity contribution is -0.119. The van der Waals surface area contributed by atoms with Crippen LogP contribution in [-0.4, -0.2) is 15.9 Å². The Morgan fingerprint density at radius 1 is 1.35 bits per heavy atom. The van der Waals surface area contributed by atoms with Gasteiger partial charge in [-0.1, -0.05) is 6.07 Å². The SMILES string of the molecule is N#C[C@@H]1C(=O)Nc2[nH]c(=S)[nH]c(=O)c2[C@H]1c1cccs1. The fourth-order valence-electron chi connectivity index (χ4n) is 2.32. The predicted molar refractivity (Wildman–Crippen MR) is 76.1 cm³/mol. The third-order valence-electron chi connectivity index (χ3n) is 3.14. The van der Waals surface area contributed by atoms with Gasteiger partial charge in [0.2, 0.25) is 5.91 Å². The lowest BCUT2D eigenvalue weighted by atomic mass is 9.83. The maximum absolute atomic E-state index is 12.2. The molecule has 0 spiro atoms. The summed E-state index contributed by atoms with van der Waals surface area (Å²) in [6.07, 6.45) is 0. The number of aromatic amines is 2. The monoisotopic (exact) mass is 304 g/mol. The zero-order chi connectivity index (χ0) is 14.3. The molecule has 20 heavy (non-hydrogen) atoms. The van der Waals surface area contributed by atoms with Gasteiger partial charge >= 0.3 is 0 Å². The van der Waals surface area contributed by atoms with E-state index in [-0.39, 0.29) is 16.1 Å². The van der Waals surface area contributed by atoms with E-state index in [0.717, 1.165) is 4.88 Å². The highest BCUT2D eigenvalue weighted by Crippen LogP contribution is 2.39. The molecule has 0 saturated heterocycles. The van der Waals surface area contributed by atoms with Crippen LogP contribution in [0.1, 0.15) is 16.4 Å². The van der Waals surface area contributed by atoms with Crippen LogP contribution in [-0.2, 0) is 4.79 Å². The summed E-state index contributed by atoms with van der Waals surface area (Å²) in [4.78, 5) is 30.2. The number of thiophene rings is 1. The highest BCUT2D eigenvalue weighted by atomic mass is 32.1. The summed E-state index contributed by atoms with van der Waals surface area (Å²) in [7, 11) is 0. The van der Waals surface area contributed by atoms with Crippen LogP contribution < -0.4 is 10.9 Å². The Labute approximate surface area is 122 Å². The first-order valence-corrected chi connectivity index (χ1v) is 7.01. The van der Waals surface area contributed by atoms with Crippen LogP contribution in [0.25, 0.3) is 0 Å². The molecular weight excluding hydrogens is 296 g/mol. The lowest BCUT2D eigenvalue weighted by Gasteiger charge is -2.27. The normalized spacial score (nSPS) is 20.9. The molecule has 3 heterocycles. The predicted octanol–water partition coefficient (Wildman–Crippen LogP) is 1.72. The van der Waals surface area contributed by atoms with Gasteiger partial charge in [0, 0.05) is 4.88 Å². The number of nitriles is 1. The molecule has 0 fully saturated rings. The molecule has 2 aromatic heterocycles. The first-order chi connectivity index (χ1) is 9.61. The van der Waals surface area contributed by atoms with Gasteiger partial charge in [0.05, 0.1) is 17.6 Å². The minimum atomic E-state index is -0.938. The van der Waals surface area contributed by atoms with E-state index in [0.29, 0.717) is 5.56 Å². The van der Waals surface area contributed by atoms with Gasteiger partial charge in [-0.25, -0.2) is 0 Å². The number of anilines is 1. The van der Waals surface area contributed by atoms with Crippen molar-refractivity contribution in [2.75, 3.05) is 5.32 Å². The van der Waals surface area contributed by atoms with Crippen LogP contribution >= 0.6 is 23.6 Å². The minimum absolute atomic E-state index is 0.134. The number of aromatic nitrogens is 2. The molecule has 3 rings (SSSR count). The molecule has 100 valence electrons. The van der Waals surface area contributed by atoms with E-state index in [1.807, 2.05) is 23.6 Å². The summed E-state index contributed by atoms with van der Waals surface area (Å²) in [5.74, 6) is -1.69. The zero-order valence-corrected chi connectivity index (χ0v) is 11.6. The van der Waals surface area contributed by atoms with Gasteiger partial charge in [-0.05, 0) is 23.7 Å². The number of hydrogen-bond acceptors (Lipinski definition) is 5. The van der Waals surface area contributed by atoms with Gasteiger partial charge in [0.25, 0.3) is 5.56 Å². The first-order valence-electron chi connectivity index (χ1n) is 5.72. The van der Waals surface area contributed by atoms with Crippen molar-refractivity contribution in [1.82, 2.24) is 9.97 Å². The number of carbonyl (C=O) groups is 1. The molecule has 0 aromatic carbocycles. The number of hydrogen-bond donors (Lipinski definition) is 3. The van der Waals surface area contributed by atoms with Gasteiger partial charge in [0.1, 0.15) is 11.7 Å². The van der Waals surface area contributed by atoms with Crippen LogP contribution in [0.3, 0.4) is 0 Å². The third-order valence-corrected chi connectivity index (χ3v) is 4.30. The average molecular weight is 304 g/mol. The van der Waals surface area contributed by atoms with E-state index in [4.69, 9.17) is 12.2 Å². The molecule has 1 aliphatic heterocycles. The molecule has 1 amide bonds. The maximum Gasteiger partial charge on any atom is 0.257 e. The number of amides is 1. The van der Waals surface area contributed by atoms with E-state index in [2.05, 4.69) is 15.3 Å². The number of fused-ring (bicyclic) bond motifs is 1. The van der Waals surface area contributed by atoms with Crippen molar-refractivity contribution in [3.8, 4) is 6.07 Å². The zero-order valence-electron chi connectivity index (χ0n) is 9.97. The average Bonchev–Trinajstić information content (AvgIpc) is 2.90. The first kappa shape index (κ1) is 12.8. The molecule has 0 saturated carbocycles. The molecule has 0 aliphatic carbocycles. The largest absolute Gasteiger partial charge is 0.318 e. The number of nitrogens with zero attached hydrogens (tertiary/aromatic N) is 1. The van der Waals surface area contributed by atoms with E-state index in [9.17, 15) is 14.9 Å². The Morgan fingerprint density at radius 3 is 2.80 bits per heavy atom. The van der Waals surface area contributed by atoms with Crippen molar-refractivity contribution < 1.29 is 4.79 Å². The molecule has 2 atom stereocenters. The van der Waals surface area contributed by atoms with Gasteiger partial charge in [-0.15, -0.1) is 11.3 Å². The van der Waals surface area contributed by atoms with Crippen LogP contribution in [0, 0.1) is 22.0 Å². The summed E-state index contributed by atoms with van der Waals surface area (Å²) in [6, 6.07) is 5.60. The van der Waals surface area contributed by atoms with Crippen molar-refractivity contribution in [3.05, 3.63) is 43.1 Å². The Bertz CT molecular complexity index is 828. The van der Waals surface area contributed by atoms with Gasteiger partial charge in [-0.3, -0.25) is 14.6 Å². The van der Waals surface area contributed by atoms with Gasteiger partial charge < -0.3 is 10.3 Å². The fourth-order valence-corrected chi connectivity index (χ4v) is 3.39. The quantitative estimate of drug-likeness (QED) is 0.698. The third kappa shape index (κ3) is 1.88. The van der Waals surface area contributed by atoms with Crippen molar-refractivity contribution in [1.29, 1.82) is 5.26 Å². The molecule has 2 aromatic rings.